The van der Waals surface area contributed by atoms with Gasteiger partial charge in [0, 0.05) is 17.8 Å². The summed E-state index contributed by atoms with van der Waals surface area (Å²) in [4.78, 5) is 4.06. The van der Waals surface area contributed by atoms with Crippen molar-refractivity contribution in [3.05, 3.63) is 95.3 Å². The minimum Gasteiger partial charge on any atom is -0.489 e. The van der Waals surface area contributed by atoms with Crippen molar-refractivity contribution >= 4 is 0 Å². The lowest BCUT2D eigenvalue weighted by Crippen LogP contribution is -2.56. The molecule has 0 amide bonds. The van der Waals surface area contributed by atoms with Gasteiger partial charge in [0.1, 0.15) is 18.0 Å². The lowest BCUT2D eigenvalue weighted by Gasteiger charge is -2.55. The van der Waals surface area contributed by atoms with Crippen LogP contribution in [0.4, 0.5) is 0 Å². The number of nitrogens with zero attached hydrogens (tertiary/aromatic N) is 1. The molecule has 0 spiro atoms. The zero-order chi connectivity index (χ0) is 22.2. The van der Waals surface area contributed by atoms with Gasteiger partial charge in [0.05, 0.1) is 6.10 Å². The maximum atomic E-state index is 11.6. The number of aromatic nitrogens is 1. The van der Waals surface area contributed by atoms with Crippen LogP contribution in [-0.4, -0.2) is 21.3 Å². The van der Waals surface area contributed by atoms with Crippen molar-refractivity contribution in [3.63, 3.8) is 0 Å². The molecule has 5 rings (SSSR count). The van der Waals surface area contributed by atoms with Crippen LogP contribution in [0.25, 0.3) is 0 Å². The molecule has 2 aliphatic rings. The maximum absolute atomic E-state index is 11.6. The van der Waals surface area contributed by atoms with Crippen LogP contribution >= 0.6 is 0 Å². The summed E-state index contributed by atoms with van der Waals surface area (Å²) in [5, 5.41) is 22.8. The van der Waals surface area contributed by atoms with Gasteiger partial charge in [0.2, 0.25) is 0 Å². The zero-order valence-corrected chi connectivity index (χ0v) is 18.6. The first-order valence-electron chi connectivity index (χ1n) is 11.7. The molecule has 0 aliphatic heterocycles. The molecule has 166 valence electrons. The van der Waals surface area contributed by atoms with Crippen molar-refractivity contribution in [2.75, 3.05) is 0 Å². The average Bonchev–Trinajstić information content (AvgIpc) is 2.84. The molecule has 4 nitrogen and oxygen atoms in total. The maximum Gasteiger partial charge on any atom is 0.120 e. The summed E-state index contributed by atoms with van der Waals surface area (Å²) in [5.41, 5.74) is 3.25. The van der Waals surface area contributed by atoms with Crippen molar-refractivity contribution in [2.45, 2.75) is 62.8 Å². The summed E-state index contributed by atoms with van der Waals surface area (Å²) in [6, 6.07) is 20.1. The van der Waals surface area contributed by atoms with Crippen LogP contribution in [0.3, 0.4) is 0 Å². The molecule has 0 unspecified atom stereocenters. The highest BCUT2D eigenvalue weighted by Gasteiger charge is 2.55. The van der Waals surface area contributed by atoms with Crippen LogP contribution in [-0.2, 0) is 24.0 Å². The molecule has 0 radical (unpaired) electrons. The Balaban J connectivity index is 1.42. The predicted molar refractivity (Wildman–Crippen MR) is 124 cm³/mol. The fourth-order valence-electron chi connectivity index (χ4n) is 6.08. The molecule has 2 N–H and O–H groups in total. The molecule has 2 aliphatic carbocycles. The number of hydrogen-bond donors (Lipinski definition) is 2. The lowest BCUT2D eigenvalue weighted by atomic mass is 9.52. The second-order valence-electron chi connectivity index (χ2n) is 9.42. The lowest BCUT2D eigenvalue weighted by molar-refractivity contribution is -0.146. The molecular weight excluding hydrogens is 398 g/mol. The number of pyridine rings is 1. The quantitative estimate of drug-likeness (QED) is 0.605. The second-order valence-corrected chi connectivity index (χ2v) is 9.42. The Morgan fingerprint density at radius 1 is 1.03 bits per heavy atom. The first-order chi connectivity index (χ1) is 15.5. The molecule has 1 saturated carbocycles. The largest absolute Gasteiger partial charge is 0.489 e. The molecule has 1 heterocycles. The molecule has 4 heteroatoms. The van der Waals surface area contributed by atoms with E-state index in [9.17, 15) is 10.2 Å². The zero-order valence-electron chi connectivity index (χ0n) is 18.6. The summed E-state index contributed by atoms with van der Waals surface area (Å²) in [6.45, 7) is 2.74. The number of benzene rings is 2. The molecule has 3 aromatic rings. The average molecular weight is 430 g/mol. The number of aryl methyl sites for hydroxylation is 1. The van der Waals surface area contributed by atoms with Gasteiger partial charge in [-0.05, 0) is 84.5 Å². The summed E-state index contributed by atoms with van der Waals surface area (Å²) >= 11 is 0. The van der Waals surface area contributed by atoms with Crippen molar-refractivity contribution in [1.82, 2.24) is 4.98 Å². The van der Waals surface area contributed by atoms with Gasteiger partial charge in [0.15, 0.2) is 0 Å². The van der Waals surface area contributed by atoms with Crippen molar-refractivity contribution < 1.29 is 14.9 Å². The van der Waals surface area contributed by atoms with Gasteiger partial charge in [0.25, 0.3) is 0 Å². The highest BCUT2D eigenvalue weighted by molar-refractivity contribution is 5.44. The number of aliphatic hydroxyl groups is 2. The first-order valence-corrected chi connectivity index (χ1v) is 11.7. The van der Waals surface area contributed by atoms with E-state index < -0.39 is 11.7 Å². The summed E-state index contributed by atoms with van der Waals surface area (Å²) in [7, 11) is 0. The number of rotatable bonds is 5. The van der Waals surface area contributed by atoms with Gasteiger partial charge in [-0.1, -0.05) is 43.3 Å². The predicted octanol–water partition coefficient (Wildman–Crippen LogP) is 4.91. The number of aliphatic hydroxyl groups excluding tert-OH is 1. The molecular formula is C28H31NO3. The molecule has 0 saturated heterocycles. The Kier molecular flexibility index (Phi) is 5.52. The Morgan fingerprint density at radius 3 is 2.56 bits per heavy atom. The second kappa shape index (κ2) is 8.34. The van der Waals surface area contributed by atoms with E-state index in [1.54, 1.807) is 12.4 Å². The van der Waals surface area contributed by atoms with Crippen molar-refractivity contribution in [1.29, 1.82) is 0 Å². The van der Waals surface area contributed by atoms with Gasteiger partial charge in [-0.3, -0.25) is 4.98 Å². The monoisotopic (exact) mass is 429 g/mol. The summed E-state index contributed by atoms with van der Waals surface area (Å²) < 4.78 is 6.06. The van der Waals surface area contributed by atoms with Gasteiger partial charge in [-0.25, -0.2) is 0 Å². The Hall–Kier alpha value is -2.69. The number of fused-ring (bicyclic) bond motifs is 3. The van der Waals surface area contributed by atoms with Crippen molar-refractivity contribution in [2.24, 2.45) is 5.92 Å². The van der Waals surface area contributed by atoms with Crippen LogP contribution in [0, 0.1) is 5.92 Å². The third-order valence-electron chi connectivity index (χ3n) is 7.88. The minimum atomic E-state index is -1.18. The topological polar surface area (TPSA) is 62.6 Å². The van der Waals surface area contributed by atoms with E-state index in [-0.39, 0.29) is 5.41 Å². The van der Waals surface area contributed by atoms with E-state index in [1.165, 1.54) is 11.1 Å². The number of ether oxygens (including phenoxy) is 1. The fraction of sp³-hybridized carbons (Fsp3) is 0.393. The highest BCUT2D eigenvalue weighted by Crippen LogP contribution is 2.56. The van der Waals surface area contributed by atoms with E-state index in [0.717, 1.165) is 36.1 Å². The first kappa shape index (κ1) is 21.2. The van der Waals surface area contributed by atoms with Crippen LogP contribution < -0.4 is 4.74 Å². The molecule has 0 bridgehead atoms. The third kappa shape index (κ3) is 3.52. The van der Waals surface area contributed by atoms with Crippen LogP contribution in [0.1, 0.15) is 54.9 Å². The SMILES string of the molecule is CC[C@@]12C[C@H](O)[C@](O)(c3ccccc3)C[C@H]1CCc1cc(OCc3ccncc3)ccc12. The van der Waals surface area contributed by atoms with E-state index in [4.69, 9.17) is 4.74 Å². The summed E-state index contributed by atoms with van der Waals surface area (Å²) in [5.74, 6) is 1.21. The minimum absolute atomic E-state index is 0.113. The standard InChI is InChI=1S/C28H31NO3/c1-2-27-18-26(30)28(31,22-6-4-3-5-7-22)17-23(27)9-8-21-16-24(10-11-25(21)27)32-19-20-12-14-29-15-13-20/h3-7,10-16,23,26,30-31H,2,8-9,17-19H2,1H3/t23-,26+,27-,28-/m1/s1. The Morgan fingerprint density at radius 2 is 1.81 bits per heavy atom. The van der Waals surface area contributed by atoms with Gasteiger partial charge in [-0.2, -0.15) is 0 Å². The normalized spacial score (nSPS) is 29.1. The van der Waals surface area contributed by atoms with E-state index in [1.807, 2.05) is 42.5 Å². The van der Waals surface area contributed by atoms with E-state index >= 15 is 0 Å². The van der Waals surface area contributed by atoms with E-state index in [2.05, 4.69) is 30.1 Å². The Bertz CT molecular complexity index is 1070. The van der Waals surface area contributed by atoms with Crippen LogP contribution in [0.2, 0.25) is 0 Å². The molecule has 1 fully saturated rings. The molecule has 32 heavy (non-hydrogen) atoms. The van der Waals surface area contributed by atoms with Crippen molar-refractivity contribution in [3.8, 4) is 5.75 Å². The van der Waals surface area contributed by atoms with Gasteiger partial charge < -0.3 is 14.9 Å². The number of hydrogen-bond acceptors (Lipinski definition) is 4. The molecule has 4 atom stereocenters. The molecule has 2 aromatic carbocycles. The summed E-state index contributed by atoms with van der Waals surface area (Å²) in [6.07, 6.45) is 6.85. The Labute approximate surface area is 189 Å². The van der Waals surface area contributed by atoms with Gasteiger partial charge in [-0.15, -0.1) is 0 Å². The highest BCUT2D eigenvalue weighted by atomic mass is 16.5. The molecule has 1 aromatic heterocycles. The van der Waals surface area contributed by atoms with Crippen LogP contribution in [0.15, 0.2) is 73.1 Å². The van der Waals surface area contributed by atoms with E-state index in [0.29, 0.717) is 25.4 Å². The fourth-order valence-corrected chi connectivity index (χ4v) is 6.08. The third-order valence-corrected chi connectivity index (χ3v) is 7.88. The van der Waals surface area contributed by atoms with Gasteiger partial charge >= 0.3 is 0 Å². The smallest absolute Gasteiger partial charge is 0.120 e. The van der Waals surface area contributed by atoms with Crippen LogP contribution in [0.5, 0.6) is 5.75 Å².